The van der Waals surface area contributed by atoms with Gasteiger partial charge < -0.3 is 10.1 Å². The lowest BCUT2D eigenvalue weighted by Crippen LogP contribution is -2.21. The fourth-order valence-electron chi connectivity index (χ4n) is 2.25. The monoisotopic (exact) mass is 353 g/mol. The Kier molecular flexibility index (Phi) is 6.91. The van der Waals surface area contributed by atoms with E-state index in [1.165, 1.54) is 7.11 Å². The molecule has 0 heterocycles. The van der Waals surface area contributed by atoms with Crippen LogP contribution in [0.3, 0.4) is 0 Å². The van der Waals surface area contributed by atoms with Crippen molar-refractivity contribution in [3.63, 3.8) is 0 Å². The Labute approximate surface area is 153 Å². The molecule has 2 aromatic rings. The molecule has 2 rings (SSSR count). The van der Waals surface area contributed by atoms with E-state index in [1.54, 1.807) is 18.2 Å². The number of amides is 2. The van der Waals surface area contributed by atoms with E-state index in [-0.39, 0.29) is 24.7 Å². The van der Waals surface area contributed by atoms with Gasteiger partial charge in [-0.3, -0.25) is 9.59 Å². The van der Waals surface area contributed by atoms with Crippen LogP contribution in [-0.2, 0) is 9.59 Å². The van der Waals surface area contributed by atoms with Crippen molar-refractivity contribution in [1.82, 2.24) is 5.43 Å². The standard InChI is InChI=1S/C20H23N3O3/c1-14-8-10-16(11-9-14)15(2)22-23-20(25)13-12-19(24)21-17-6-4-5-7-18(17)26-3/h4-11H,12-13H2,1-3H3,(H,21,24)(H,23,25)/b22-15-. The summed E-state index contributed by atoms with van der Waals surface area (Å²) in [6.45, 7) is 3.83. The number of aryl methyl sites for hydroxylation is 1. The highest BCUT2D eigenvalue weighted by Crippen LogP contribution is 2.23. The van der Waals surface area contributed by atoms with Crippen molar-refractivity contribution in [3.8, 4) is 5.75 Å². The number of carbonyl (C=O) groups is 2. The number of rotatable bonds is 7. The van der Waals surface area contributed by atoms with E-state index in [9.17, 15) is 9.59 Å². The second-order valence-corrected chi connectivity index (χ2v) is 5.85. The van der Waals surface area contributed by atoms with Gasteiger partial charge in [0.25, 0.3) is 0 Å². The van der Waals surface area contributed by atoms with E-state index in [4.69, 9.17) is 4.74 Å². The number of hydrazone groups is 1. The second kappa shape index (κ2) is 9.36. The van der Waals surface area contributed by atoms with Crippen LogP contribution in [0, 0.1) is 6.92 Å². The highest BCUT2D eigenvalue weighted by molar-refractivity contribution is 5.99. The summed E-state index contributed by atoms with van der Waals surface area (Å²) < 4.78 is 5.17. The first-order valence-corrected chi connectivity index (χ1v) is 8.32. The van der Waals surface area contributed by atoms with Gasteiger partial charge >= 0.3 is 0 Å². The topological polar surface area (TPSA) is 79.8 Å². The van der Waals surface area contributed by atoms with Gasteiger partial charge in [0, 0.05) is 12.8 Å². The Balaban J connectivity index is 1.81. The largest absolute Gasteiger partial charge is 0.495 e. The van der Waals surface area contributed by atoms with Crippen molar-refractivity contribution in [1.29, 1.82) is 0 Å². The van der Waals surface area contributed by atoms with Crippen LogP contribution in [0.25, 0.3) is 0 Å². The summed E-state index contributed by atoms with van der Waals surface area (Å²) in [4.78, 5) is 23.9. The molecule has 6 nitrogen and oxygen atoms in total. The number of benzene rings is 2. The molecule has 0 aliphatic carbocycles. The molecule has 136 valence electrons. The Morgan fingerprint density at radius 2 is 1.65 bits per heavy atom. The maximum absolute atomic E-state index is 12.0. The van der Waals surface area contributed by atoms with Gasteiger partial charge in [0.15, 0.2) is 0 Å². The van der Waals surface area contributed by atoms with Crippen molar-refractivity contribution >= 4 is 23.2 Å². The minimum atomic E-state index is -0.313. The third kappa shape index (κ3) is 5.73. The molecule has 0 aromatic heterocycles. The van der Waals surface area contributed by atoms with E-state index in [2.05, 4.69) is 15.8 Å². The predicted molar refractivity (Wildman–Crippen MR) is 102 cm³/mol. The molecule has 0 saturated carbocycles. The molecular formula is C20H23N3O3. The summed E-state index contributed by atoms with van der Waals surface area (Å²) in [7, 11) is 1.53. The molecular weight excluding hydrogens is 330 g/mol. The molecule has 0 radical (unpaired) electrons. The lowest BCUT2D eigenvalue weighted by Gasteiger charge is -2.09. The quantitative estimate of drug-likeness (QED) is 0.592. The summed E-state index contributed by atoms with van der Waals surface area (Å²) >= 11 is 0. The first-order valence-electron chi connectivity index (χ1n) is 8.32. The Morgan fingerprint density at radius 3 is 2.35 bits per heavy atom. The molecule has 0 aliphatic heterocycles. The van der Waals surface area contributed by atoms with Crippen LogP contribution in [-0.4, -0.2) is 24.6 Å². The Hall–Kier alpha value is -3.15. The molecule has 0 atom stereocenters. The van der Waals surface area contributed by atoms with Crippen LogP contribution in [0.5, 0.6) is 5.75 Å². The van der Waals surface area contributed by atoms with Gasteiger partial charge in [0.05, 0.1) is 18.5 Å². The zero-order valence-corrected chi connectivity index (χ0v) is 15.2. The number of nitrogens with one attached hydrogen (secondary N) is 2. The molecule has 0 aliphatic rings. The van der Waals surface area contributed by atoms with E-state index in [1.807, 2.05) is 44.2 Å². The van der Waals surface area contributed by atoms with Crippen LogP contribution in [0.2, 0.25) is 0 Å². The van der Waals surface area contributed by atoms with Crippen molar-refractivity contribution in [2.45, 2.75) is 26.7 Å². The average Bonchev–Trinajstić information content (AvgIpc) is 2.65. The number of ether oxygens (including phenoxy) is 1. The minimum absolute atomic E-state index is 0.0473. The molecule has 0 spiro atoms. The lowest BCUT2D eigenvalue weighted by molar-refractivity contribution is -0.124. The molecule has 0 saturated heterocycles. The smallest absolute Gasteiger partial charge is 0.240 e. The second-order valence-electron chi connectivity index (χ2n) is 5.85. The first-order chi connectivity index (χ1) is 12.5. The molecule has 2 N–H and O–H groups in total. The van der Waals surface area contributed by atoms with Crippen molar-refractivity contribution in [3.05, 3.63) is 59.7 Å². The van der Waals surface area contributed by atoms with Gasteiger partial charge in [0.2, 0.25) is 11.8 Å². The number of nitrogens with zero attached hydrogens (tertiary/aromatic N) is 1. The SMILES string of the molecule is COc1ccccc1NC(=O)CCC(=O)N/N=C(/C)c1ccc(C)cc1. The maximum atomic E-state index is 12.0. The molecule has 26 heavy (non-hydrogen) atoms. The van der Waals surface area contributed by atoms with Crippen LogP contribution < -0.4 is 15.5 Å². The summed E-state index contributed by atoms with van der Waals surface area (Å²) in [5.41, 5.74) is 5.86. The maximum Gasteiger partial charge on any atom is 0.240 e. The molecule has 6 heteroatoms. The van der Waals surface area contributed by atoms with Gasteiger partial charge in [0.1, 0.15) is 5.75 Å². The number of carbonyl (C=O) groups excluding carboxylic acids is 2. The predicted octanol–water partition coefficient (Wildman–Crippen LogP) is 3.26. The molecule has 0 fully saturated rings. The van der Waals surface area contributed by atoms with E-state index in [0.29, 0.717) is 17.1 Å². The lowest BCUT2D eigenvalue weighted by atomic mass is 10.1. The van der Waals surface area contributed by atoms with Gasteiger partial charge in [-0.25, -0.2) is 5.43 Å². The van der Waals surface area contributed by atoms with Gasteiger partial charge in [-0.1, -0.05) is 42.0 Å². The van der Waals surface area contributed by atoms with Gasteiger partial charge in [-0.05, 0) is 31.5 Å². The first kappa shape index (κ1) is 19.2. The van der Waals surface area contributed by atoms with Crippen LogP contribution in [0.1, 0.15) is 30.9 Å². The zero-order chi connectivity index (χ0) is 18.9. The summed E-state index contributed by atoms with van der Waals surface area (Å²) in [6.07, 6.45) is 0.106. The molecule has 2 amide bonds. The minimum Gasteiger partial charge on any atom is -0.495 e. The van der Waals surface area contributed by atoms with E-state index in [0.717, 1.165) is 11.1 Å². The van der Waals surface area contributed by atoms with Gasteiger partial charge in [-0.2, -0.15) is 5.10 Å². The van der Waals surface area contributed by atoms with Crippen molar-refractivity contribution in [2.24, 2.45) is 5.10 Å². The Bertz CT molecular complexity index is 798. The third-order valence-corrected chi connectivity index (χ3v) is 3.78. The molecule has 2 aromatic carbocycles. The summed E-state index contributed by atoms with van der Waals surface area (Å²) in [5.74, 6) is -0.000788. The third-order valence-electron chi connectivity index (χ3n) is 3.78. The van der Waals surface area contributed by atoms with E-state index >= 15 is 0 Å². The normalized spacial score (nSPS) is 11.0. The van der Waals surface area contributed by atoms with Crippen molar-refractivity contribution in [2.75, 3.05) is 12.4 Å². The Morgan fingerprint density at radius 1 is 1.00 bits per heavy atom. The summed E-state index contributed by atoms with van der Waals surface area (Å²) in [5, 5.41) is 6.81. The van der Waals surface area contributed by atoms with E-state index < -0.39 is 0 Å². The van der Waals surface area contributed by atoms with Crippen LogP contribution in [0.15, 0.2) is 53.6 Å². The molecule has 0 bridgehead atoms. The fourth-order valence-corrected chi connectivity index (χ4v) is 2.25. The number of methoxy groups -OCH3 is 1. The van der Waals surface area contributed by atoms with Gasteiger partial charge in [-0.15, -0.1) is 0 Å². The molecule has 0 unspecified atom stereocenters. The summed E-state index contributed by atoms with van der Waals surface area (Å²) in [6, 6.07) is 15.0. The number of hydrogen-bond donors (Lipinski definition) is 2. The van der Waals surface area contributed by atoms with Crippen molar-refractivity contribution < 1.29 is 14.3 Å². The average molecular weight is 353 g/mol. The zero-order valence-electron chi connectivity index (χ0n) is 15.2. The highest BCUT2D eigenvalue weighted by Gasteiger charge is 2.09. The number of anilines is 1. The number of para-hydroxylation sites is 2. The number of hydrogen-bond acceptors (Lipinski definition) is 4. The highest BCUT2D eigenvalue weighted by atomic mass is 16.5. The fraction of sp³-hybridized carbons (Fsp3) is 0.250. The van der Waals surface area contributed by atoms with Crippen LogP contribution in [0.4, 0.5) is 5.69 Å². The van der Waals surface area contributed by atoms with Crippen LogP contribution >= 0.6 is 0 Å².